The highest BCUT2D eigenvalue weighted by atomic mass is 32.1. The van der Waals surface area contributed by atoms with Crippen LogP contribution in [-0.4, -0.2) is 7.05 Å². The van der Waals surface area contributed by atoms with Crippen molar-refractivity contribution in [1.29, 1.82) is 0 Å². The van der Waals surface area contributed by atoms with Crippen LogP contribution < -0.4 is 5.32 Å². The number of halogens is 1. The first-order chi connectivity index (χ1) is 8.20. The second-order valence-electron chi connectivity index (χ2n) is 4.18. The van der Waals surface area contributed by atoms with E-state index in [4.69, 9.17) is 0 Å². The average Bonchev–Trinajstić information content (AvgIpc) is 2.75. The molecule has 1 heterocycles. The molecule has 0 bridgehead atoms. The molecule has 1 unspecified atom stereocenters. The van der Waals surface area contributed by atoms with E-state index in [1.54, 1.807) is 11.3 Å². The Morgan fingerprint density at radius 3 is 2.47 bits per heavy atom. The van der Waals surface area contributed by atoms with Crippen molar-refractivity contribution in [2.24, 2.45) is 0 Å². The first-order valence-electron chi connectivity index (χ1n) is 5.65. The molecule has 2 rings (SSSR count). The molecule has 0 saturated carbocycles. The molecule has 3 heteroatoms. The maximum Gasteiger partial charge on any atom is 0.123 e. The van der Waals surface area contributed by atoms with Gasteiger partial charge >= 0.3 is 0 Å². The number of hydrogen-bond acceptors (Lipinski definition) is 2. The fourth-order valence-corrected chi connectivity index (χ4v) is 2.86. The van der Waals surface area contributed by atoms with Gasteiger partial charge in [0, 0.05) is 6.04 Å². The molecular weight excluding hydrogens is 233 g/mol. The van der Waals surface area contributed by atoms with Gasteiger partial charge in [-0.15, -0.1) is 0 Å². The molecule has 0 spiro atoms. The quantitative estimate of drug-likeness (QED) is 0.871. The maximum atomic E-state index is 12.8. The third-order valence-corrected chi connectivity index (χ3v) is 3.85. The van der Waals surface area contributed by atoms with E-state index in [2.05, 4.69) is 23.0 Å². The summed E-state index contributed by atoms with van der Waals surface area (Å²) < 4.78 is 12.8. The Balaban J connectivity index is 2.16. The minimum absolute atomic E-state index is 0.179. The highest BCUT2D eigenvalue weighted by Crippen LogP contribution is 2.24. The molecule has 0 amide bonds. The number of rotatable bonds is 4. The summed E-state index contributed by atoms with van der Waals surface area (Å²) in [6.07, 6.45) is 0.883. The zero-order chi connectivity index (χ0) is 12.3. The van der Waals surface area contributed by atoms with Crippen LogP contribution in [0, 0.1) is 12.7 Å². The van der Waals surface area contributed by atoms with Crippen molar-refractivity contribution < 1.29 is 4.39 Å². The van der Waals surface area contributed by atoms with Gasteiger partial charge in [-0.25, -0.2) is 4.39 Å². The lowest BCUT2D eigenvalue weighted by Crippen LogP contribution is -2.19. The van der Waals surface area contributed by atoms with Crippen molar-refractivity contribution >= 4 is 11.3 Å². The molecule has 17 heavy (non-hydrogen) atoms. The summed E-state index contributed by atoms with van der Waals surface area (Å²) in [5.41, 5.74) is 3.80. The maximum absolute atomic E-state index is 12.8. The number of benzene rings is 1. The predicted molar refractivity (Wildman–Crippen MR) is 71.0 cm³/mol. The van der Waals surface area contributed by atoms with Crippen molar-refractivity contribution in [1.82, 2.24) is 5.32 Å². The third kappa shape index (κ3) is 2.93. The number of thiophene rings is 1. The van der Waals surface area contributed by atoms with Gasteiger partial charge in [0.1, 0.15) is 5.82 Å². The van der Waals surface area contributed by atoms with E-state index in [9.17, 15) is 4.39 Å². The van der Waals surface area contributed by atoms with E-state index in [1.165, 1.54) is 23.3 Å². The van der Waals surface area contributed by atoms with Gasteiger partial charge < -0.3 is 5.32 Å². The zero-order valence-electron chi connectivity index (χ0n) is 10.0. The molecular formula is C14H16FNS. The lowest BCUT2D eigenvalue weighted by atomic mass is 9.99. The third-order valence-electron chi connectivity index (χ3n) is 2.97. The Morgan fingerprint density at radius 2 is 1.94 bits per heavy atom. The molecule has 1 nitrogen and oxygen atoms in total. The molecule has 0 fully saturated rings. The molecule has 90 valence electrons. The van der Waals surface area contributed by atoms with Gasteiger partial charge in [0.25, 0.3) is 0 Å². The van der Waals surface area contributed by atoms with Gasteiger partial charge in [-0.3, -0.25) is 0 Å². The van der Waals surface area contributed by atoms with Gasteiger partial charge in [0.05, 0.1) is 0 Å². The van der Waals surface area contributed by atoms with Gasteiger partial charge in [-0.1, -0.05) is 12.1 Å². The van der Waals surface area contributed by atoms with Gasteiger partial charge in [0.15, 0.2) is 0 Å². The lowest BCUT2D eigenvalue weighted by molar-refractivity contribution is 0.588. The topological polar surface area (TPSA) is 12.0 Å². The van der Waals surface area contributed by atoms with Crippen LogP contribution in [0.25, 0.3) is 0 Å². The highest BCUT2D eigenvalue weighted by Gasteiger charge is 2.13. The Labute approximate surface area is 105 Å². The smallest absolute Gasteiger partial charge is 0.123 e. The van der Waals surface area contributed by atoms with Crippen LogP contribution in [0.4, 0.5) is 4.39 Å². The Morgan fingerprint density at radius 1 is 1.24 bits per heavy atom. The summed E-state index contributed by atoms with van der Waals surface area (Å²) in [4.78, 5) is 0. The summed E-state index contributed by atoms with van der Waals surface area (Å²) >= 11 is 1.72. The van der Waals surface area contributed by atoms with Crippen LogP contribution in [0.5, 0.6) is 0 Å². The summed E-state index contributed by atoms with van der Waals surface area (Å²) in [6, 6.07) is 7.03. The predicted octanol–water partition coefficient (Wildman–Crippen LogP) is 3.70. The van der Waals surface area contributed by atoms with Crippen LogP contribution in [0.3, 0.4) is 0 Å². The van der Waals surface area contributed by atoms with Crippen LogP contribution in [0.2, 0.25) is 0 Å². The molecule has 0 aliphatic heterocycles. The lowest BCUT2D eigenvalue weighted by Gasteiger charge is -2.16. The van der Waals surface area contributed by atoms with Crippen LogP contribution in [0.15, 0.2) is 35.0 Å². The van der Waals surface area contributed by atoms with Gasteiger partial charge in [-0.05, 0) is 60.0 Å². The molecule has 1 aromatic carbocycles. The van der Waals surface area contributed by atoms with E-state index in [0.717, 1.165) is 12.0 Å². The second kappa shape index (κ2) is 5.43. The van der Waals surface area contributed by atoms with E-state index < -0.39 is 0 Å². The summed E-state index contributed by atoms with van der Waals surface area (Å²) in [5, 5.41) is 7.66. The molecule has 1 N–H and O–H groups in total. The fourth-order valence-electron chi connectivity index (χ4n) is 1.95. The Kier molecular flexibility index (Phi) is 3.92. The molecule has 1 atom stereocenters. The van der Waals surface area contributed by atoms with E-state index in [1.807, 2.05) is 19.2 Å². The normalized spacial score (nSPS) is 12.6. The SMILES string of the molecule is CNC(Cc1ccc(F)cc1)c1cscc1C. The van der Waals surface area contributed by atoms with Crippen molar-refractivity contribution in [3.05, 3.63) is 57.5 Å². The average molecular weight is 249 g/mol. The van der Waals surface area contributed by atoms with Crippen molar-refractivity contribution in [3.8, 4) is 0 Å². The molecule has 0 radical (unpaired) electrons. The van der Waals surface area contributed by atoms with Gasteiger partial charge in [0.2, 0.25) is 0 Å². The number of hydrogen-bond donors (Lipinski definition) is 1. The summed E-state index contributed by atoms with van der Waals surface area (Å²) in [5.74, 6) is -0.179. The monoisotopic (exact) mass is 249 g/mol. The first-order valence-corrected chi connectivity index (χ1v) is 6.59. The fraction of sp³-hybridized carbons (Fsp3) is 0.286. The second-order valence-corrected chi connectivity index (χ2v) is 4.93. The van der Waals surface area contributed by atoms with E-state index in [-0.39, 0.29) is 5.82 Å². The Bertz CT molecular complexity index is 475. The standard InChI is InChI=1S/C14H16FNS/c1-10-8-17-9-13(10)14(16-2)7-11-3-5-12(15)6-4-11/h3-6,8-9,14,16H,7H2,1-2H3. The molecule has 0 saturated heterocycles. The summed E-state index contributed by atoms with van der Waals surface area (Å²) in [6.45, 7) is 2.13. The largest absolute Gasteiger partial charge is 0.313 e. The number of likely N-dealkylation sites (N-methyl/N-ethyl adjacent to an activating group) is 1. The number of nitrogens with one attached hydrogen (secondary N) is 1. The summed E-state index contributed by atoms with van der Waals surface area (Å²) in [7, 11) is 1.96. The van der Waals surface area contributed by atoms with Crippen LogP contribution >= 0.6 is 11.3 Å². The molecule has 1 aromatic heterocycles. The molecule has 0 aliphatic rings. The highest BCUT2D eigenvalue weighted by molar-refractivity contribution is 7.08. The Hall–Kier alpha value is -1.19. The first kappa shape index (κ1) is 12.3. The zero-order valence-corrected chi connectivity index (χ0v) is 10.9. The molecule has 0 aliphatic carbocycles. The van der Waals surface area contributed by atoms with Crippen LogP contribution in [0.1, 0.15) is 22.7 Å². The van der Waals surface area contributed by atoms with Gasteiger partial charge in [-0.2, -0.15) is 11.3 Å². The van der Waals surface area contributed by atoms with Crippen LogP contribution in [-0.2, 0) is 6.42 Å². The van der Waals surface area contributed by atoms with Crippen molar-refractivity contribution in [2.75, 3.05) is 7.05 Å². The minimum atomic E-state index is -0.179. The van der Waals surface area contributed by atoms with E-state index >= 15 is 0 Å². The van der Waals surface area contributed by atoms with E-state index in [0.29, 0.717) is 6.04 Å². The minimum Gasteiger partial charge on any atom is -0.313 e. The number of aryl methyl sites for hydroxylation is 1. The van der Waals surface area contributed by atoms with Crippen molar-refractivity contribution in [2.45, 2.75) is 19.4 Å². The molecule has 2 aromatic rings. The van der Waals surface area contributed by atoms with Crippen molar-refractivity contribution in [3.63, 3.8) is 0 Å².